The fraction of sp³-hybridized carbons (Fsp3) is 0.462. The third kappa shape index (κ3) is 4.44. The Labute approximate surface area is 102 Å². The largest absolute Gasteiger partial charge is 0.479 e. The van der Waals surface area contributed by atoms with Crippen molar-refractivity contribution in [3.63, 3.8) is 0 Å². The summed E-state index contributed by atoms with van der Waals surface area (Å²) in [5.74, 6) is -0.327. The van der Waals surface area contributed by atoms with E-state index in [1.54, 1.807) is 6.07 Å². The minimum Gasteiger partial charge on any atom is -0.479 e. The second-order valence-corrected chi connectivity index (χ2v) is 3.88. The number of hydrogen-bond donors (Lipinski definition) is 2. The van der Waals surface area contributed by atoms with Crippen LogP contribution in [0.4, 0.5) is 0 Å². The first kappa shape index (κ1) is 13.5. The molecule has 0 bridgehead atoms. The van der Waals surface area contributed by atoms with Gasteiger partial charge in [0.05, 0.1) is 0 Å². The second-order valence-electron chi connectivity index (χ2n) is 3.88. The maximum absolute atomic E-state index is 10.7. The Kier molecular flexibility index (Phi) is 5.49. The minimum absolute atomic E-state index is 0.631. The molecule has 2 N–H and O–H groups in total. The highest BCUT2D eigenvalue weighted by atomic mass is 16.5. The number of nitrogens with one attached hydrogen (secondary N) is 1. The third-order valence-electron chi connectivity index (χ3n) is 2.37. The van der Waals surface area contributed by atoms with Crippen molar-refractivity contribution >= 4 is 5.97 Å². The molecule has 0 aliphatic rings. The summed E-state index contributed by atoms with van der Waals surface area (Å²) in [4.78, 5) is 10.7. The number of para-hydroxylation sites is 1. The number of hydrogen-bond acceptors (Lipinski definition) is 3. The maximum atomic E-state index is 10.7. The predicted octanol–water partition coefficient (Wildman–Crippen LogP) is 2.04. The lowest BCUT2D eigenvalue weighted by atomic mass is 10.2. The van der Waals surface area contributed by atoms with Gasteiger partial charge in [0.2, 0.25) is 0 Å². The van der Waals surface area contributed by atoms with Crippen molar-refractivity contribution in [3.05, 3.63) is 29.8 Å². The lowest BCUT2D eigenvalue weighted by Gasteiger charge is -2.14. The molecular weight excluding hydrogens is 218 g/mol. The SMILES string of the molecule is CCCNCc1ccccc1OC(C)C(=O)O. The van der Waals surface area contributed by atoms with Crippen LogP contribution in [0.5, 0.6) is 5.75 Å². The molecule has 0 aromatic heterocycles. The average molecular weight is 237 g/mol. The number of carboxylic acid groups (broad SMARTS) is 1. The van der Waals surface area contributed by atoms with E-state index in [1.165, 1.54) is 6.92 Å². The van der Waals surface area contributed by atoms with Crippen molar-refractivity contribution in [2.24, 2.45) is 0 Å². The molecule has 0 fully saturated rings. The van der Waals surface area contributed by atoms with Crippen molar-refractivity contribution in [3.8, 4) is 5.75 Å². The fourth-order valence-electron chi connectivity index (χ4n) is 1.41. The third-order valence-corrected chi connectivity index (χ3v) is 2.37. The van der Waals surface area contributed by atoms with Crippen LogP contribution in [0.25, 0.3) is 0 Å². The van der Waals surface area contributed by atoms with Gasteiger partial charge in [0.25, 0.3) is 0 Å². The quantitative estimate of drug-likeness (QED) is 0.712. The van der Waals surface area contributed by atoms with Crippen LogP contribution >= 0.6 is 0 Å². The summed E-state index contributed by atoms with van der Waals surface area (Å²) in [6.07, 6.45) is 0.233. The molecule has 1 atom stereocenters. The monoisotopic (exact) mass is 237 g/mol. The van der Waals surface area contributed by atoms with Gasteiger partial charge in [0.1, 0.15) is 5.75 Å². The number of benzene rings is 1. The van der Waals surface area contributed by atoms with Gasteiger partial charge >= 0.3 is 5.97 Å². The first-order chi connectivity index (χ1) is 8.15. The Morgan fingerprint density at radius 1 is 1.47 bits per heavy atom. The van der Waals surface area contributed by atoms with E-state index < -0.39 is 12.1 Å². The number of carboxylic acids is 1. The van der Waals surface area contributed by atoms with Gasteiger partial charge < -0.3 is 15.2 Å². The Balaban J connectivity index is 2.66. The molecule has 0 aliphatic heterocycles. The molecular formula is C13H19NO3. The predicted molar refractivity (Wildman–Crippen MR) is 66.2 cm³/mol. The molecule has 1 aromatic carbocycles. The van der Waals surface area contributed by atoms with Gasteiger partial charge in [-0.1, -0.05) is 25.1 Å². The van der Waals surface area contributed by atoms with E-state index in [0.717, 1.165) is 18.5 Å². The average Bonchev–Trinajstić information content (AvgIpc) is 2.31. The fourth-order valence-corrected chi connectivity index (χ4v) is 1.41. The van der Waals surface area contributed by atoms with E-state index in [-0.39, 0.29) is 0 Å². The molecule has 4 nitrogen and oxygen atoms in total. The Morgan fingerprint density at radius 2 is 2.18 bits per heavy atom. The highest BCUT2D eigenvalue weighted by molar-refractivity contribution is 5.72. The Hall–Kier alpha value is -1.55. The van der Waals surface area contributed by atoms with Crippen LogP contribution in [0.15, 0.2) is 24.3 Å². The summed E-state index contributed by atoms with van der Waals surface area (Å²) in [5.41, 5.74) is 0.981. The maximum Gasteiger partial charge on any atom is 0.344 e. The van der Waals surface area contributed by atoms with Crippen LogP contribution in [0.1, 0.15) is 25.8 Å². The van der Waals surface area contributed by atoms with Gasteiger partial charge in [0.15, 0.2) is 6.10 Å². The van der Waals surface area contributed by atoms with Crippen molar-refractivity contribution < 1.29 is 14.6 Å². The highest BCUT2D eigenvalue weighted by Crippen LogP contribution is 2.19. The number of rotatable bonds is 7. The molecule has 4 heteroatoms. The van der Waals surface area contributed by atoms with E-state index >= 15 is 0 Å². The Bertz CT molecular complexity index is 365. The Morgan fingerprint density at radius 3 is 2.82 bits per heavy atom. The molecule has 94 valence electrons. The molecule has 0 saturated heterocycles. The van der Waals surface area contributed by atoms with Crippen LogP contribution in [-0.2, 0) is 11.3 Å². The summed E-state index contributed by atoms with van der Waals surface area (Å²) in [7, 11) is 0. The summed E-state index contributed by atoms with van der Waals surface area (Å²) in [5, 5.41) is 12.1. The van der Waals surface area contributed by atoms with E-state index in [0.29, 0.717) is 12.3 Å². The zero-order chi connectivity index (χ0) is 12.7. The van der Waals surface area contributed by atoms with Crippen LogP contribution in [0.2, 0.25) is 0 Å². The van der Waals surface area contributed by atoms with Crippen molar-refractivity contribution in [1.29, 1.82) is 0 Å². The highest BCUT2D eigenvalue weighted by Gasteiger charge is 2.14. The number of ether oxygens (including phenoxy) is 1. The summed E-state index contributed by atoms with van der Waals surface area (Å²) < 4.78 is 5.40. The molecule has 1 unspecified atom stereocenters. The summed E-state index contributed by atoms with van der Waals surface area (Å²) in [6, 6.07) is 7.49. The van der Waals surface area contributed by atoms with Gasteiger partial charge in [-0.2, -0.15) is 0 Å². The van der Waals surface area contributed by atoms with E-state index in [2.05, 4.69) is 12.2 Å². The van der Waals surface area contributed by atoms with Gasteiger partial charge in [-0.05, 0) is 26.0 Å². The molecule has 0 radical (unpaired) electrons. The van der Waals surface area contributed by atoms with Crippen LogP contribution < -0.4 is 10.1 Å². The summed E-state index contributed by atoms with van der Waals surface area (Å²) >= 11 is 0. The standard InChI is InChI=1S/C13H19NO3/c1-3-8-14-9-11-6-4-5-7-12(11)17-10(2)13(15)16/h4-7,10,14H,3,8-9H2,1-2H3,(H,15,16). The molecule has 0 saturated carbocycles. The van der Waals surface area contributed by atoms with E-state index in [1.807, 2.05) is 18.2 Å². The minimum atomic E-state index is -0.957. The number of carbonyl (C=O) groups is 1. The molecule has 17 heavy (non-hydrogen) atoms. The molecule has 1 rings (SSSR count). The van der Waals surface area contributed by atoms with Crippen LogP contribution in [-0.4, -0.2) is 23.7 Å². The summed E-state index contributed by atoms with van der Waals surface area (Å²) in [6.45, 7) is 5.25. The van der Waals surface area contributed by atoms with E-state index in [4.69, 9.17) is 9.84 Å². The van der Waals surface area contributed by atoms with Crippen LogP contribution in [0, 0.1) is 0 Å². The van der Waals surface area contributed by atoms with Gasteiger partial charge in [-0.25, -0.2) is 4.79 Å². The van der Waals surface area contributed by atoms with Crippen molar-refractivity contribution in [1.82, 2.24) is 5.32 Å². The molecule has 0 heterocycles. The topological polar surface area (TPSA) is 58.6 Å². The molecule has 1 aromatic rings. The smallest absolute Gasteiger partial charge is 0.344 e. The first-order valence-electron chi connectivity index (χ1n) is 5.83. The van der Waals surface area contributed by atoms with Gasteiger partial charge in [0, 0.05) is 12.1 Å². The lowest BCUT2D eigenvalue weighted by molar-refractivity contribution is -0.144. The van der Waals surface area contributed by atoms with Crippen LogP contribution in [0.3, 0.4) is 0 Å². The van der Waals surface area contributed by atoms with E-state index in [9.17, 15) is 4.79 Å². The normalized spacial score (nSPS) is 12.1. The zero-order valence-electron chi connectivity index (χ0n) is 10.3. The lowest BCUT2D eigenvalue weighted by Crippen LogP contribution is -2.24. The first-order valence-corrected chi connectivity index (χ1v) is 5.83. The van der Waals surface area contributed by atoms with Crippen molar-refractivity contribution in [2.75, 3.05) is 6.54 Å². The molecule has 0 amide bonds. The zero-order valence-corrected chi connectivity index (χ0v) is 10.3. The molecule has 0 spiro atoms. The van der Waals surface area contributed by atoms with Crippen molar-refractivity contribution in [2.45, 2.75) is 32.9 Å². The van der Waals surface area contributed by atoms with Gasteiger partial charge in [-0.15, -0.1) is 0 Å². The van der Waals surface area contributed by atoms with Gasteiger partial charge in [-0.3, -0.25) is 0 Å². The molecule has 0 aliphatic carbocycles. The number of aliphatic carboxylic acids is 1. The second kappa shape index (κ2) is 6.91.